The van der Waals surface area contributed by atoms with Crippen LogP contribution in [0.5, 0.6) is 0 Å². The average Bonchev–Trinajstić information content (AvgIpc) is 1.82. The quantitative estimate of drug-likeness (QED) is 0.739. The molecule has 0 aromatic rings. The Morgan fingerprint density at radius 1 is 1.08 bits per heavy atom. The third kappa shape index (κ3) is 2.86. The fourth-order valence-electron chi connectivity index (χ4n) is 1.35. The van der Waals surface area contributed by atoms with Crippen molar-refractivity contribution in [2.75, 3.05) is 0 Å². The van der Waals surface area contributed by atoms with Crippen LogP contribution in [0.2, 0.25) is 0 Å². The molecule has 13 heavy (non-hydrogen) atoms. The van der Waals surface area contributed by atoms with E-state index in [1.165, 1.54) is 13.8 Å². The fourth-order valence-corrected chi connectivity index (χ4v) is 1.35. The number of nitrogens with two attached hydrogens (primary N) is 1. The Balaban J connectivity index is 4.74. The Labute approximate surface area is 77.5 Å². The van der Waals surface area contributed by atoms with Gasteiger partial charge in [0.1, 0.15) is 5.54 Å². The number of halogens is 3. The molecule has 0 aromatic carbocycles. The van der Waals surface area contributed by atoms with Gasteiger partial charge in [0.15, 0.2) is 0 Å². The molecule has 1 atom stereocenters. The lowest BCUT2D eigenvalue weighted by Crippen LogP contribution is -2.58. The van der Waals surface area contributed by atoms with Gasteiger partial charge in [0.2, 0.25) is 0 Å². The Morgan fingerprint density at radius 3 is 1.54 bits per heavy atom. The lowest BCUT2D eigenvalue weighted by molar-refractivity contribution is -0.202. The van der Waals surface area contributed by atoms with Crippen LogP contribution in [0.3, 0.4) is 0 Å². The maximum absolute atomic E-state index is 12.6. The molecule has 0 aliphatic rings. The van der Waals surface area contributed by atoms with E-state index < -0.39 is 17.6 Å². The summed E-state index contributed by atoms with van der Waals surface area (Å²) in [5, 5.41) is 0. The van der Waals surface area contributed by atoms with Gasteiger partial charge >= 0.3 is 6.18 Å². The molecule has 2 N–H and O–H groups in total. The second-order valence-electron chi connectivity index (χ2n) is 4.29. The van der Waals surface area contributed by atoms with Crippen LogP contribution in [-0.4, -0.2) is 11.7 Å². The first-order valence-electron chi connectivity index (χ1n) is 4.47. The van der Waals surface area contributed by atoms with Gasteiger partial charge in [0.05, 0.1) is 0 Å². The van der Waals surface area contributed by atoms with Crippen LogP contribution in [0, 0.1) is 11.8 Å². The van der Waals surface area contributed by atoms with Crippen molar-refractivity contribution in [3.8, 4) is 0 Å². The molecule has 0 spiro atoms. The van der Waals surface area contributed by atoms with Crippen LogP contribution < -0.4 is 5.73 Å². The first-order chi connectivity index (χ1) is 5.61. The van der Waals surface area contributed by atoms with Crippen LogP contribution in [0.4, 0.5) is 13.2 Å². The highest BCUT2D eigenvalue weighted by molar-refractivity contribution is 4.95. The monoisotopic (exact) mass is 197 g/mol. The largest absolute Gasteiger partial charge is 0.406 e. The molecule has 0 amide bonds. The maximum Gasteiger partial charge on any atom is 0.406 e. The summed E-state index contributed by atoms with van der Waals surface area (Å²) in [5.74, 6) is -0.635. The van der Waals surface area contributed by atoms with E-state index in [2.05, 4.69) is 0 Å². The normalized spacial score (nSPS) is 18.0. The first kappa shape index (κ1) is 12.8. The molecule has 0 radical (unpaired) electrons. The molecule has 0 saturated heterocycles. The summed E-state index contributed by atoms with van der Waals surface area (Å²) < 4.78 is 37.8. The van der Waals surface area contributed by atoms with Crippen molar-refractivity contribution in [3.05, 3.63) is 0 Å². The highest BCUT2D eigenvalue weighted by Gasteiger charge is 2.53. The Kier molecular flexibility index (Phi) is 3.79. The smallest absolute Gasteiger partial charge is 0.317 e. The lowest BCUT2D eigenvalue weighted by atomic mass is 9.80. The van der Waals surface area contributed by atoms with Gasteiger partial charge in [-0.1, -0.05) is 27.7 Å². The summed E-state index contributed by atoms with van der Waals surface area (Å²) in [5.41, 5.74) is 3.35. The van der Waals surface area contributed by atoms with Crippen molar-refractivity contribution < 1.29 is 13.2 Å². The van der Waals surface area contributed by atoms with E-state index in [1.54, 1.807) is 13.8 Å². The molecule has 0 aromatic heterocycles. The van der Waals surface area contributed by atoms with Crippen molar-refractivity contribution in [1.29, 1.82) is 0 Å². The highest BCUT2D eigenvalue weighted by Crippen LogP contribution is 2.38. The van der Waals surface area contributed by atoms with Crippen LogP contribution in [0.15, 0.2) is 0 Å². The van der Waals surface area contributed by atoms with E-state index in [0.717, 1.165) is 0 Å². The van der Waals surface area contributed by atoms with Crippen LogP contribution in [0.1, 0.15) is 34.1 Å². The molecular formula is C9H18F3N. The summed E-state index contributed by atoms with van der Waals surface area (Å²) in [6.07, 6.45) is -4.33. The molecule has 0 aliphatic carbocycles. The van der Waals surface area contributed by atoms with Crippen molar-refractivity contribution in [2.24, 2.45) is 17.6 Å². The molecule has 0 aliphatic heterocycles. The maximum atomic E-state index is 12.6. The molecule has 4 heteroatoms. The average molecular weight is 197 g/mol. The summed E-state index contributed by atoms with van der Waals surface area (Å²) in [7, 11) is 0. The molecule has 80 valence electrons. The lowest BCUT2D eigenvalue weighted by Gasteiger charge is -2.36. The molecule has 1 nitrogen and oxygen atoms in total. The van der Waals surface area contributed by atoms with Crippen molar-refractivity contribution in [1.82, 2.24) is 0 Å². The number of hydrogen-bond donors (Lipinski definition) is 1. The molecule has 0 saturated carbocycles. The van der Waals surface area contributed by atoms with Crippen molar-refractivity contribution in [2.45, 2.75) is 45.8 Å². The van der Waals surface area contributed by atoms with Crippen LogP contribution in [-0.2, 0) is 0 Å². The van der Waals surface area contributed by atoms with Gasteiger partial charge in [-0.2, -0.15) is 13.2 Å². The zero-order chi connectivity index (χ0) is 10.9. The molecule has 0 heterocycles. The predicted molar refractivity (Wildman–Crippen MR) is 47.3 cm³/mol. The van der Waals surface area contributed by atoms with E-state index in [9.17, 15) is 13.2 Å². The van der Waals surface area contributed by atoms with Gasteiger partial charge in [-0.05, 0) is 18.3 Å². The van der Waals surface area contributed by atoms with E-state index in [1.807, 2.05) is 0 Å². The van der Waals surface area contributed by atoms with Gasteiger partial charge in [0, 0.05) is 0 Å². The van der Waals surface area contributed by atoms with Gasteiger partial charge in [-0.15, -0.1) is 0 Å². The van der Waals surface area contributed by atoms with E-state index in [4.69, 9.17) is 5.73 Å². The van der Waals surface area contributed by atoms with E-state index in [0.29, 0.717) is 0 Å². The third-order valence-corrected chi connectivity index (χ3v) is 2.30. The Morgan fingerprint density at radius 2 is 1.46 bits per heavy atom. The molecular weight excluding hydrogens is 179 g/mol. The highest BCUT2D eigenvalue weighted by atomic mass is 19.4. The second kappa shape index (κ2) is 3.86. The molecule has 0 rings (SSSR count). The van der Waals surface area contributed by atoms with E-state index in [-0.39, 0.29) is 12.3 Å². The second-order valence-corrected chi connectivity index (χ2v) is 4.29. The minimum atomic E-state index is -4.31. The van der Waals surface area contributed by atoms with Gasteiger partial charge in [-0.25, -0.2) is 0 Å². The van der Waals surface area contributed by atoms with Crippen molar-refractivity contribution in [3.63, 3.8) is 0 Å². The molecule has 0 bridgehead atoms. The fraction of sp³-hybridized carbons (Fsp3) is 1.00. The van der Waals surface area contributed by atoms with Gasteiger partial charge < -0.3 is 5.73 Å². The van der Waals surface area contributed by atoms with Crippen LogP contribution >= 0.6 is 0 Å². The van der Waals surface area contributed by atoms with Gasteiger partial charge in [0.25, 0.3) is 0 Å². The first-order valence-corrected chi connectivity index (χ1v) is 4.47. The van der Waals surface area contributed by atoms with Gasteiger partial charge in [-0.3, -0.25) is 0 Å². The van der Waals surface area contributed by atoms with Crippen LogP contribution in [0.25, 0.3) is 0 Å². The predicted octanol–water partition coefficient (Wildman–Crippen LogP) is 2.95. The zero-order valence-electron chi connectivity index (χ0n) is 8.57. The zero-order valence-corrected chi connectivity index (χ0v) is 8.57. The summed E-state index contributed by atoms with van der Waals surface area (Å²) in [4.78, 5) is 0. The number of hydrogen-bond acceptors (Lipinski definition) is 1. The SMILES string of the molecule is CC(C)CC(N)(C(C)C)C(F)(F)F. The standard InChI is InChI=1S/C9H18F3N/c1-6(2)5-8(13,7(3)4)9(10,11)12/h6-7H,5,13H2,1-4H3. The molecule has 0 fully saturated rings. The number of rotatable bonds is 3. The Hall–Kier alpha value is -0.250. The minimum absolute atomic E-state index is 0.0197. The summed E-state index contributed by atoms with van der Waals surface area (Å²) >= 11 is 0. The van der Waals surface area contributed by atoms with Crippen molar-refractivity contribution >= 4 is 0 Å². The summed E-state index contributed by atoms with van der Waals surface area (Å²) in [6.45, 7) is 6.51. The summed E-state index contributed by atoms with van der Waals surface area (Å²) in [6, 6.07) is 0. The molecule has 1 unspecified atom stereocenters. The Bertz CT molecular complexity index is 163. The van der Waals surface area contributed by atoms with E-state index >= 15 is 0 Å². The third-order valence-electron chi connectivity index (χ3n) is 2.30. The topological polar surface area (TPSA) is 26.0 Å². The number of alkyl halides is 3. The minimum Gasteiger partial charge on any atom is -0.317 e.